The largest absolute Gasteiger partial charge is 0.325 e. The van der Waals surface area contributed by atoms with Gasteiger partial charge in [0.25, 0.3) is 0 Å². The van der Waals surface area contributed by atoms with Crippen LogP contribution in [0.5, 0.6) is 0 Å². The van der Waals surface area contributed by atoms with Crippen LogP contribution >= 0.6 is 0 Å². The fourth-order valence-corrected chi connectivity index (χ4v) is 1.70. The molecule has 0 bridgehead atoms. The number of hydrogen-bond donors (Lipinski definition) is 1. The summed E-state index contributed by atoms with van der Waals surface area (Å²) in [7, 11) is 0. The van der Waals surface area contributed by atoms with E-state index >= 15 is 0 Å². The number of nitrogens with two attached hydrogens (primary N) is 1. The molecule has 0 fully saturated rings. The second-order valence-electron chi connectivity index (χ2n) is 4.08. The summed E-state index contributed by atoms with van der Waals surface area (Å²) in [6.07, 6.45) is 1.36. The minimum Gasteiger partial charge on any atom is -0.325 e. The Hall–Kier alpha value is -2.14. The fraction of sp³-hybridized carbons (Fsp3) is 0.143. The third-order valence-electron chi connectivity index (χ3n) is 2.71. The molecule has 1 aromatic carbocycles. The van der Waals surface area contributed by atoms with Crippen LogP contribution in [0, 0.1) is 11.6 Å². The van der Waals surface area contributed by atoms with Gasteiger partial charge in [-0.05, 0) is 23.8 Å². The van der Waals surface area contributed by atoms with Crippen LogP contribution in [0.3, 0.4) is 0 Å². The number of aromatic nitrogens is 1. The van der Waals surface area contributed by atoms with Gasteiger partial charge in [-0.15, -0.1) is 0 Å². The predicted molar refractivity (Wildman–Crippen MR) is 66.5 cm³/mol. The van der Waals surface area contributed by atoms with Crippen LogP contribution in [0.4, 0.5) is 8.78 Å². The highest BCUT2D eigenvalue weighted by molar-refractivity contribution is 5.97. The van der Waals surface area contributed by atoms with E-state index in [1.54, 1.807) is 12.1 Å². The number of pyridine rings is 1. The van der Waals surface area contributed by atoms with Gasteiger partial charge in [-0.1, -0.05) is 6.07 Å². The van der Waals surface area contributed by atoms with E-state index in [1.807, 2.05) is 0 Å². The van der Waals surface area contributed by atoms with Crippen molar-refractivity contribution >= 4 is 5.78 Å². The van der Waals surface area contributed by atoms with Crippen molar-refractivity contribution in [3.8, 4) is 0 Å². The van der Waals surface area contributed by atoms with Crippen LogP contribution in [0.25, 0.3) is 0 Å². The molecule has 0 unspecified atom stereocenters. The average Bonchev–Trinajstić information content (AvgIpc) is 2.42. The van der Waals surface area contributed by atoms with Crippen molar-refractivity contribution in [2.75, 3.05) is 0 Å². The van der Waals surface area contributed by atoms with Gasteiger partial charge in [0, 0.05) is 30.8 Å². The molecule has 19 heavy (non-hydrogen) atoms. The highest BCUT2D eigenvalue weighted by Crippen LogP contribution is 2.13. The minimum absolute atomic E-state index is 0.125. The van der Waals surface area contributed by atoms with Gasteiger partial charge in [-0.2, -0.15) is 0 Å². The Balaban J connectivity index is 2.20. The van der Waals surface area contributed by atoms with Crippen LogP contribution in [-0.4, -0.2) is 10.8 Å². The molecule has 1 heterocycles. The number of rotatable bonds is 4. The number of carbonyl (C=O) groups is 1. The van der Waals surface area contributed by atoms with Crippen LogP contribution in [0.15, 0.2) is 36.5 Å². The summed E-state index contributed by atoms with van der Waals surface area (Å²) < 4.78 is 26.2. The summed E-state index contributed by atoms with van der Waals surface area (Å²) >= 11 is 0. The second kappa shape index (κ2) is 5.67. The molecule has 0 saturated heterocycles. The molecule has 98 valence electrons. The quantitative estimate of drug-likeness (QED) is 0.860. The number of ketones is 1. The van der Waals surface area contributed by atoms with Crippen molar-refractivity contribution < 1.29 is 13.6 Å². The van der Waals surface area contributed by atoms with Crippen molar-refractivity contribution in [3.05, 3.63) is 65.0 Å². The molecule has 0 aliphatic carbocycles. The molecule has 0 saturated carbocycles. The molecule has 2 rings (SSSR count). The van der Waals surface area contributed by atoms with Gasteiger partial charge in [0.1, 0.15) is 11.6 Å². The summed E-state index contributed by atoms with van der Waals surface area (Å²) in [5.74, 6) is -1.65. The van der Waals surface area contributed by atoms with Gasteiger partial charge < -0.3 is 5.73 Å². The zero-order chi connectivity index (χ0) is 13.8. The van der Waals surface area contributed by atoms with E-state index < -0.39 is 11.6 Å². The third-order valence-corrected chi connectivity index (χ3v) is 2.71. The molecule has 0 spiro atoms. The van der Waals surface area contributed by atoms with Gasteiger partial charge in [0.2, 0.25) is 0 Å². The number of Topliss-reactive ketones (excluding diaryl/α,β-unsaturated/α-hetero) is 1. The molecule has 0 aliphatic heterocycles. The van der Waals surface area contributed by atoms with Crippen LogP contribution in [-0.2, 0) is 13.0 Å². The van der Waals surface area contributed by atoms with Crippen molar-refractivity contribution in [1.29, 1.82) is 0 Å². The lowest BCUT2D eigenvalue weighted by Gasteiger charge is -2.04. The summed E-state index contributed by atoms with van der Waals surface area (Å²) in [4.78, 5) is 16.0. The van der Waals surface area contributed by atoms with E-state index in [0.29, 0.717) is 11.3 Å². The smallest absolute Gasteiger partial charge is 0.167 e. The Morgan fingerprint density at radius 1 is 1.21 bits per heavy atom. The molecule has 2 N–H and O–H groups in total. The van der Waals surface area contributed by atoms with Crippen molar-refractivity contribution in [3.63, 3.8) is 0 Å². The van der Waals surface area contributed by atoms with Crippen molar-refractivity contribution in [2.45, 2.75) is 13.0 Å². The first-order valence-electron chi connectivity index (χ1n) is 5.72. The average molecular weight is 262 g/mol. The zero-order valence-electron chi connectivity index (χ0n) is 10.1. The molecule has 5 heteroatoms. The maximum Gasteiger partial charge on any atom is 0.167 e. The van der Waals surface area contributed by atoms with E-state index in [4.69, 9.17) is 5.73 Å². The van der Waals surface area contributed by atoms with Gasteiger partial charge in [-0.3, -0.25) is 9.78 Å². The maximum absolute atomic E-state index is 13.4. The lowest BCUT2D eigenvalue weighted by molar-refractivity contribution is 0.0991. The number of benzene rings is 1. The van der Waals surface area contributed by atoms with E-state index in [0.717, 1.165) is 12.1 Å². The van der Waals surface area contributed by atoms with Crippen molar-refractivity contribution in [1.82, 2.24) is 4.98 Å². The summed E-state index contributed by atoms with van der Waals surface area (Å²) in [6.45, 7) is 0.228. The summed E-state index contributed by atoms with van der Waals surface area (Å²) in [5, 5.41) is 0. The molecule has 0 radical (unpaired) electrons. The first-order chi connectivity index (χ1) is 9.10. The standard InChI is InChI=1S/C14H12F2N2O/c15-11-2-1-9(13(16)7-11)6-14(19)10-3-4-18-12(5-10)8-17/h1-5,7H,6,8,17H2. The Morgan fingerprint density at radius 2 is 2.00 bits per heavy atom. The number of hydrogen-bond acceptors (Lipinski definition) is 3. The maximum atomic E-state index is 13.4. The monoisotopic (exact) mass is 262 g/mol. The van der Waals surface area contributed by atoms with E-state index in [1.165, 1.54) is 12.3 Å². The predicted octanol–water partition coefficient (Wildman–Crippen LogP) is 2.24. The summed E-state index contributed by atoms with van der Waals surface area (Å²) in [6, 6.07) is 6.28. The van der Waals surface area contributed by atoms with Crippen molar-refractivity contribution in [2.24, 2.45) is 5.73 Å². The summed E-state index contributed by atoms with van der Waals surface area (Å²) in [5.41, 5.74) is 6.61. The van der Waals surface area contributed by atoms with Crippen LogP contribution < -0.4 is 5.73 Å². The normalized spacial score (nSPS) is 10.5. The Kier molecular flexibility index (Phi) is 3.97. The highest BCUT2D eigenvalue weighted by Gasteiger charge is 2.11. The fourth-order valence-electron chi connectivity index (χ4n) is 1.70. The van der Waals surface area contributed by atoms with E-state index in [-0.39, 0.29) is 24.3 Å². The molecular weight excluding hydrogens is 250 g/mol. The third kappa shape index (κ3) is 3.20. The topological polar surface area (TPSA) is 56.0 Å². The lowest BCUT2D eigenvalue weighted by Crippen LogP contribution is -2.08. The molecule has 3 nitrogen and oxygen atoms in total. The SMILES string of the molecule is NCc1cc(C(=O)Cc2ccc(F)cc2F)ccn1. The molecule has 0 atom stereocenters. The molecule has 2 aromatic rings. The van der Waals surface area contributed by atoms with E-state index in [2.05, 4.69) is 4.98 Å². The Morgan fingerprint density at radius 3 is 2.68 bits per heavy atom. The molecular formula is C14H12F2N2O. The first-order valence-corrected chi connectivity index (χ1v) is 5.72. The van der Waals surface area contributed by atoms with Gasteiger partial charge in [0.15, 0.2) is 5.78 Å². The number of carbonyl (C=O) groups excluding carboxylic acids is 1. The second-order valence-corrected chi connectivity index (χ2v) is 4.08. The van der Waals surface area contributed by atoms with E-state index in [9.17, 15) is 13.6 Å². The zero-order valence-corrected chi connectivity index (χ0v) is 10.1. The minimum atomic E-state index is -0.721. The van der Waals surface area contributed by atoms with Gasteiger partial charge in [0.05, 0.1) is 5.69 Å². The van der Waals surface area contributed by atoms with Crippen LogP contribution in [0.2, 0.25) is 0 Å². The highest BCUT2D eigenvalue weighted by atomic mass is 19.1. The Labute approximate surface area is 109 Å². The first kappa shape index (κ1) is 13.3. The lowest BCUT2D eigenvalue weighted by atomic mass is 10.0. The number of halogens is 2. The van der Waals surface area contributed by atoms with Gasteiger partial charge in [-0.25, -0.2) is 8.78 Å². The molecule has 0 amide bonds. The Bertz CT molecular complexity index is 614. The van der Waals surface area contributed by atoms with Crippen LogP contribution in [0.1, 0.15) is 21.6 Å². The van der Waals surface area contributed by atoms with Gasteiger partial charge >= 0.3 is 0 Å². The molecule has 0 aliphatic rings. The number of nitrogens with zero attached hydrogens (tertiary/aromatic N) is 1. The molecule has 1 aromatic heterocycles.